The number of unbranched alkanes of at least 4 members (excludes halogenated alkanes) is 30. The number of carbonyl (C=O) groups is 3. The molecule has 0 aliphatic heterocycles. The van der Waals surface area contributed by atoms with Gasteiger partial charge in [-0.15, -0.1) is 0 Å². The summed E-state index contributed by atoms with van der Waals surface area (Å²) in [5.41, 5.74) is 0. The highest BCUT2D eigenvalue weighted by Crippen LogP contribution is 2.15. The van der Waals surface area contributed by atoms with Crippen LogP contribution in [0.1, 0.15) is 271 Å². The van der Waals surface area contributed by atoms with Crippen molar-refractivity contribution >= 4 is 17.9 Å². The summed E-state index contributed by atoms with van der Waals surface area (Å²) in [5, 5.41) is 0. The van der Waals surface area contributed by atoms with E-state index in [0.717, 1.165) is 77.0 Å². The molecule has 0 fully saturated rings. The molecule has 0 aliphatic rings. The summed E-state index contributed by atoms with van der Waals surface area (Å²) >= 11 is 0. The Morgan fingerprint density at radius 3 is 0.983 bits per heavy atom. The smallest absolute Gasteiger partial charge is 0.306 e. The molecule has 0 aromatic carbocycles. The molecule has 0 rings (SSSR count). The maximum absolute atomic E-state index is 12.8. The lowest BCUT2D eigenvalue weighted by Gasteiger charge is -2.18. The van der Waals surface area contributed by atoms with Gasteiger partial charge in [0, 0.05) is 19.3 Å². The Morgan fingerprint density at radius 1 is 0.333 bits per heavy atom. The minimum absolute atomic E-state index is 0.0752. The molecule has 0 heterocycles. The second-order valence-corrected chi connectivity index (χ2v) is 17.4. The lowest BCUT2D eigenvalue weighted by molar-refractivity contribution is -0.167. The molecule has 60 heavy (non-hydrogen) atoms. The average Bonchev–Trinajstić information content (AvgIpc) is 3.24. The first-order valence-electron chi connectivity index (χ1n) is 26.0. The maximum Gasteiger partial charge on any atom is 0.306 e. The van der Waals surface area contributed by atoms with E-state index in [1.165, 1.54) is 154 Å². The lowest BCUT2D eigenvalue weighted by atomic mass is 10.0. The second-order valence-electron chi connectivity index (χ2n) is 17.4. The van der Waals surface area contributed by atoms with Crippen LogP contribution >= 0.6 is 0 Å². The SMILES string of the molecule is CCCCC/C=C\C/C=C\CCCCCCCCCC(=O)OC[C@H](COC(=O)CCCCCCCCCCCCCC)OC(=O)CCCCCCC/C=C\CCCCCC. The van der Waals surface area contributed by atoms with Crippen LogP contribution in [0.2, 0.25) is 0 Å². The summed E-state index contributed by atoms with van der Waals surface area (Å²) in [6.07, 6.45) is 56.9. The van der Waals surface area contributed by atoms with Crippen LogP contribution in [0.25, 0.3) is 0 Å². The fourth-order valence-electron chi connectivity index (χ4n) is 7.41. The molecule has 6 heteroatoms. The Balaban J connectivity index is 4.36. The molecule has 0 amide bonds. The highest BCUT2D eigenvalue weighted by Gasteiger charge is 2.19. The second kappa shape index (κ2) is 49.3. The summed E-state index contributed by atoms with van der Waals surface area (Å²) in [5.74, 6) is -0.883. The molecular weight excluding hydrogens is 745 g/mol. The molecule has 0 bridgehead atoms. The predicted molar refractivity (Wildman–Crippen MR) is 256 cm³/mol. The number of carbonyl (C=O) groups excluding carboxylic acids is 3. The summed E-state index contributed by atoms with van der Waals surface area (Å²) in [6.45, 7) is 6.60. The van der Waals surface area contributed by atoms with E-state index in [9.17, 15) is 14.4 Å². The molecule has 0 N–H and O–H groups in total. The van der Waals surface area contributed by atoms with Gasteiger partial charge in [-0.2, -0.15) is 0 Å². The molecule has 0 unspecified atom stereocenters. The molecule has 0 aromatic rings. The largest absolute Gasteiger partial charge is 0.462 e. The van der Waals surface area contributed by atoms with Gasteiger partial charge in [-0.3, -0.25) is 14.4 Å². The third-order valence-corrected chi connectivity index (χ3v) is 11.4. The van der Waals surface area contributed by atoms with Gasteiger partial charge in [0.05, 0.1) is 0 Å². The normalized spacial score (nSPS) is 12.2. The predicted octanol–water partition coefficient (Wildman–Crippen LogP) is 16.9. The van der Waals surface area contributed by atoms with Crippen LogP contribution in [0.5, 0.6) is 0 Å². The molecule has 1 atom stereocenters. The summed E-state index contributed by atoms with van der Waals surface area (Å²) in [4.78, 5) is 37.9. The number of allylic oxidation sites excluding steroid dienone is 6. The first-order valence-corrected chi connectivity index (χ1v) is 26.0. The lowest BCUT2D eigenvalue weighted by Crippen LogP contribution is -2.30. The Kier molecular flexibility index (Phi) is 47.3. The van der Waals surface area contributed by atoms with Crippen molar-refractivity contribution in [2.75, 3.05) is 13.2 Å². The Bertz CT molecular complexity index is 1020. The van der Waals surface area contributed by atoms with Gasteiger partial charge < -0.3 is 14.2 Å². The zero-order chi connectivity index (χ0) is 43.7. The molecular formula is C54H98O6. The van der Waals surface area contributed by atoms with E-state index in [0.29, 0.717) is 19.3 Å². The van der Waals surface area contributed by atoms with E-state index in [1.807, 2.05) is 0 Å². The van der Waals surface area contributed by atoms with Crippen molar-refractivity contribution in [3.63, 3.8) is 0 Å². The standard InChI is InChI=1S/C54H98O6/c1-4-7-10-13-16-19-22-25-26-27-28-30-32-35-38-41-44-47-53(56)59-50-51(49-58-52(55)46-43-40-37-34-31-24-21-18-15-12-9-6-3)60-54(57)48-45-42-39-36-33-29-23-20-17-14-11-8-5-2/h16,19-20,23,25-26,51H,4-15,17-18,21-22,24,27-50H2,1-3H3/b19-16-,23-20-,26-25-/t51-/m0/s1. The van der Waals surface area contributed by atoms with Gasteiger partial charge in [0.1, 0.15) is 13.2 Å². The number of ether oxygens (including phenoxy) is 3. The number of rotatable bonds is 47. The number of hydrogen-bond acceptors (Lipinski definition) is 6. The molecule has 0 aliphatic carbocycles. The van der Waals surface area contributed by atoms with Crippen molar-refractivity contribution in [2.45, 2.75) is 277 Å². The number of hydrogen-bond donors (Lipinski definition) is 0. The van der Waals surface area contributed by atoms with Gasteiger partial charge in [0.15, 0.2) is 6.10 Å². The Labute approximate surface area is 372 Å². The van der Waals surface area contributed by atoms with Gasteiger partial charge >= 0.3 is 17.9 Å². The van der Waals surface area contributed by atoms with Crippen LogP contribution < -0.4 is 0 Å². The summed E-state index contributed by atoms with van der Waals surface area (Å²) in [7, 11) is 0. The van der Waals surface area contributed by atoms with Crippen molar-refractivity contribution < 1.29 is 28.6 Å². The first kappa shape index (κ1) is 57.6. The van der Waals surface area contributed by atoms with Crippen LogP contribution in [0.3, 0.4) is 0 Å². The fraction of sp³-hybridized carbons (Fsp3) is 0.833. The van der Waals surface area contributed by atoms with Crippen molar-refractivity contribution in [3.05, 3.63) is 36.5 Å². The molecule has 6 nitrogen and oxygen atoms in total. The Morgan fingerprint density at radius 2 is 0.600 bits per heavy atom. The third kappa shape index (κ3) is 46.7. The zero-order valence-electron chi connectivity index (χ0n) is 40.0. The quantitative estimate of drug-likeness (QED) is 0.0263. The Hall–Kier alpha value is -2.37. The van der Waals surface area contributed by atoms with E-state index in [-0.39, 0.29) is 31.1 Å². The molecule has 0 saturated carbocycles. The van der Waals surface area contributed by atoms with E-state index in [1.54, 1.807) is 0 Å². The number of esters is 3. The van der Waals surface area contributed by atoms with Crippen LogP contribution in [-0.4, -0.2) is 37.2 Å². The molecule has 0 radical (unpaired) electrons. The fourth-order valence-corrected chi connectivity index (χ4v) is 7.41. The molecule has 0 saturated heterocycles. The van der Waals surface area contributed by atoms with Gasteiger partial charge in [-0.1, -0.05) is 211 Å². The maximum atomic E-state index is 12.8. The minimum Gasteiger partial charge on any atom is -0.462 e. The van der Waals surface area contributed by atoms with Crippen molar-refractivity contribution in [1.82, 2.24) is 0 Å². The first-order chi connectivity index (χ1) is 29.5. The molecule has 0 spiro atoms. The van der Waals surface area contributed by atoms with Crippen LogP contribution in [0.4, 0.5) is 0 Å². The summed E-state index contributed by atoms with van der Waals surface area (Å²) < 4.78 is 16.8. The van der Waals surface area contributed by atoms with Crippen molar-refractivity contribution in [3.8, 4) is 0 Å². The van der Waals surface area contributed by atoms with Gasteiger partial charge in [0.25, 0.3) is 0 Å². The van der Waals surface area contributed by atoms with Crippen molar-refractivity contribution in [2.24, 2.45) is 0 Å². The highest BCUT2D eigenvalue weighted by atomic mass is 16.6. The molecule has 350 valence electrons. The van der Waals surface area contributed by atoms with Gasteiger partial charge in [0.2, 0.25) is 0 Å². The third-order valence-electron chi connectivity index (χ3n) is 11.4. The van der Waals surface area contributed by atoms with Crippen LogP contribution in [0.15, 0.2) is 36.5 Å². The van der Waals surface area contributed by atoms with Gasteiger partial charge in [-0.05, 0) is 77.0 Å². The molecule has 0 aromatic heterocycles. The highest BCUT2D eigenvalue weighted by molar-refractivity contribution is 5.71. The van der Waals surface area contributed by atoms with Gasteiger partial charge in [-0.25, -0.2) is 0 Å². The van der Waals surface area contributed by atoms with Crippen molar-refractivity contribution in [1.29, 1.82) is 0 Å². The topological polar surface area (TPSA) is 78.9 Å². The monoisotopic (exact) mass is 843 g/mol. The van der Waals surface area contributed by atoms with Crippen LogP contribution in [0, 0.1) is 0 Å². The van der Waals surface area contributed by atoms with E-state index < -0.39 is 6.10 Å². The zero-order valence-corrected chi connectivity index (χ0v) is 40.0. The summed E-state index contributed by atoms with van der Waals surface area (Å²) in [6, 6.07) is 0. The van der Waals surface area contributed by atoms with E-state index in [2.05, 4.69) is 57.2 Å². The minimum atomic E-state index is -0.775. The average molecular weight is 843 g/mol. The van der Waals surface area contributed by atoms with E-state index >= 15 is 0 Å². The van der Waals surface area contributed by atoms with Crippen LogP contribution in [-0.2, 0) is 28.6 Å². The van der Waals surface area contributed by atoms with E-state index in [4.69, 9.17) is 14.2 Å².